The molecule has 0 heterocycles. The molecule has 0 aromatic carbocycles. The van der Waals surface area contributed by atoms with Crippen molar-refractivity contribution in [2.75, 3.05) is 19.8 Å². The molecule has 0 aliphatic heterocycles. The molecule has 1 atom stereocenters. The van der Waals surface area contributed by atoms with Gasteiger partial charge in [0.1, 0.15) is 0 Å². The first-order chi connectivity index (χ1) is 9.23. The molecule has 0 aromatic heterocycles. The van der Waals surface area contributed by atoms with Crippen molar-refractivity contribution in [3.63, 3.8) is 0 Å². The second-order valence-corrected chi connectivity index (χ2v) is 10.1. The summed E-state index contributed by atoms with van der Waals surface area (Å²) in [5.74, 6) is 1.49. The average Bonchev–Trinajstić information content (AvgIpc) is 2.36. The minimum Gasteiger partial charge on any atom is -0.373 e. The van der Waals surface area contributed by atoms with Crippen LogP contribution in [0.3, 0.4) is 0 Å². The Balaban J connectivity index is 4.94. The van der Waals surface area contributed by atoms with E-state index in [9.17, 15) is 0 Å². The van der Waals surface area contributed by atoms with Crippen LogP contribution in [0.25, 0.3) is 0 Å². The summed E-state index contributed by atoms with van der Waals surface area (Å²) in [5.41, 5.74) is 0.346. The molecule has 0 amide bonds. The van der Waals surface area contributed by atoms with Crippen LogP contribution in [0.2, 0.25) is 5.54 Å². The zero-order valence-electron chi connectivity index (χ0n) is 14.9. The van der Waals surface area contributed by atoms with E-state index >= 15 is 0 Å². The van der Waals surface area contributed by atoms with Crippen LogP contribution in [0.1, 0.15) is 61.8 Å². The lowest BCUT2D eigenvalue weighted by Gasteiger charge is -2.35. The van der Waals surface area contributed by atoms with Gasteiger partial charge in [-0.15, -0.1) is 0 Å². The van der Waals surface area contributed by atoms with Gasteiger partial charge in [-0.3, -0.25) is 0 Å². The Bertz CT molecular complexity index is 211. The highest BCUT2D eigenvalue weighted by atomic mass is 28.4. The van der Waals surface area contributed by atoms with Crippen molar-refractivity contribution >= 4 is 8.80 Å². The highest BCUT2D eigenvalue weighted by molar-refractivity contribution is 6.62. The van der Waals surface area contributed by atoms with E-state index in [1.165, 1.54) is 0 Å². The predicted molar refractivity (Wildman–Crippen MR) is 87.8 cm³/mol. The fraction of sp³-hybridized carbons (Fsp3) is 1.00. The van der Waals surface area contributed by atoms with Gasteiger partial charge in [0.25, 0.3) is 0 Å². The van der Waals surface area contributed by atoms with E-state index < -0.39 is 8.80 Å². The summed E-state index contributed by atoms with van der Waals surface area (Å²) in [6.07, 6.45) is 1.03. The van der Waals surface area contributed by atoms with Gasteiger partial charge in [0.15, 0.2) is 0 Å². The second-order valence-electron chi connectivity index (χ2n) is 7.03. The normalized spacial score (nSPS) is 14.6. The lowest BCUT2D eigenvalue weighted by atomic mass is 10.2. The van der Waals surface area contributed by atoms with Gasteiger partial charge in [-0.05, 0) is 24.2 Å². The molecule has 0 saturated carbocycles. The molecule has 0 N–H and O–H groups in total. The van der Waals surface area contributed by atoms with Crippen molar-refractivity contribution in [2.45, 2.75) is 67.4 Å². The van der Waals surface area contributed by atoms with Crippen molar-refractivity contribution in [2.24, 2.45) is 17.8 Å². The van der Waals surface area contributed by atoms with Crippen LogP contribution in [0.5, 0.6) is 0 Å². The van der Waals surface area contributed by atoms with Crippen LogP contribution >= 0.6 is 0 Å². The lowest BCUT2D eigenvalue weighted by molar-refractivity contribution is 0.0289. The average molecular weight is 305 g/mol. The molecule has 0 aromatic rings. The molecular weight excluding hydrogens is 268 g/mol. The SMILES string of the molecule is CCC(C)[Si](OCC(C)C)(OCC(C)C)OCC(C)C. The van der Waals surface area contributed by atoms with Crippen molar-refractivity contribution in [3.8, 4) is 0 Å². The molecule has 0 fully saturated rings. The maximum atomic E-state index is 6.24. The predicted octanol–water partition coefficient (Wildman–Crippen LogP) is 4.74. The molecule has 0 radical (unpaired) electrons. The summed E-state index contributed by atoms with van der Waals surface area (Å²) in [7, 11) is -2.59. The maximum absolute atomic E-state index is 6.24. The zero-order valence-corrected chi connectivity index (χ0v) is 15.9. The zero-order chi connectivity index (χ0) is 15.8. The Kier molecular flexibility index (Phi) is 9.98. The van der Waals surface area contributed by atoms with Crippen LogP contribution in [0.15, 0.2) is 0 Å². The summed E-state index contributed by atoms with van der Waals surface area (Å²) in [4.78, 5) is 0. The van der Waals surface area contributed by atoms with Crippen LogP contribution in [0, 0.1) is 17.8 Å². The van der Waals surface area contributed by atoms with Gasteiger partial charge in [-0.25, -0.2) is 0 Å². The molecule has 3 nitrogen and oxygen atoms in total. The summed E-state index contributed by atoms with van der Waals surface area (Å²) in [6, 6.07) is 0. The fourth-order valence-corrected chi connectivity index (χ4v) is 4.95. The number of hydrogen-bond donors (Lipinski definition) is 0. The van der Waals surface area contributed by atoms with Crippen molar-refractivity contribution < 1.29 is 13.3 Å². The third-order valence-electron chi connectivity index (χ3n) is 3.07. The van der Waals surface area contributed by atoms with Crippen molar-refractivity contribution in [1.82, 2.24) is 0 Å². The first kappa shape index (κ1) is 20.1. The fourth-order valence-electron chi connectivity index (χ4n) is 1.65. The van der Waals surface area contributed by atoms with Gasteiger partial charge in [0, 0.05) is 25.4 Å². The Labute approximate surface area is 127 Å². The third kappa shape index (κ3) is 7.77. The van der Waals surface area contributed by atoms with Gasteiger partial charge in [0.2, 0.25) is 0 Å². The molecular formula is C16H36O3Si. The van der Waals surface area contributed by atoms with Crippen LogP contribution in [-0.2, 0) is 13.3 Å². The monoisotopic (exact) mass is 304 g/mol. The molecule has 1 unspecified atom stereocenters. The number of rotatable bonds is 11. The minimum absolute atomic E-state index is 0.346. The highest BCUT2D eigenvalue weighted by Gasteiger charge is 2.47. The molecule has 0 saturated heterocycles. The Morgan fingerprint density at radius 3 is 1.15 bits per heavy atom. The van der Waals surface area contributed by atoms with E-state index in [1.54, 1.807) is 0 Å². The van der Waals surface area contributed by atoms with E-state index in [1.807, 2.05) is 0 Å². The molecule has 0 bridgehead atoms. The standard InChI is InChI=1S/C16H36O3Si/c1-9-16(8)20(17-10-13(2)3,18-11-14(4)5)19-12-15(6)7/h13-16H,9-12H2,1-8H3. The summed E-state index contributed by atoms with van der Waals surface area (Å²) < 4.78 is 18.7. The Morgan fingerprint density at radius 1 is 0.650 bits per heavy atom. The van der Waals surface area contributed by atoms with E-state index in [0.717, 1.165) is 6.42 Å². The van der Waals surface area contributed by atoms with Crippen LogP contribution in [-0.4, -0.2) is 28.6 Å². The first-order valence-corrected chi connectivity index (χ1v) is 9.95. The molecule has 0 spiro atoms. The molecule has 0 aliphatic carbocycles. The third-order valence-corrected chi connectivity index (χ3v) is 6.39. The van der Waals surface area contributed by atoms with E-state index in [4.69, 9.17) is 13.3 Å². The van der Waals surface area contributed by atoms with Gasteiger partial charge >= 0.3 is 8.80 Å². The van der Waals surface area contributed by atoms with Crippen LogP contribution < -0.4 is 0 Å². The van der Waals surface area contributed by atoms with E-state index in [0.29, 0.717) is 43.1 Å². The van der Waals surface area contributed by atoms with Gasteiger partial charge < -0.3 is 13.3 Å². The summed E-state index contributed by atoms with van der Waals surface area (Å²) >= 11 is 0. The quantitative estimate of drug-likeness (QED) is 0.516. The number of hydrogen-bond acceptors (Lipinski definition) is 3. The van der Waals surface area contributed by atoms with Gasteiger partial charge in [-0.2, -0.15) is 0 Å². The van der Waals surface area contributed by atoms with Gasteiger partial charge in [-0.1, -0.05) is 55.4 Å². The Hall–Kier alpha value is 0.0969. The van der Waals surface area contributed by atoms with Crippen LogP contribution in [0.4, 0.5) is 0 Å². The molecule has 0 rings (SSSR count). The van der Waals surface area contributed by atoms with Crippen molar-refractivity contribution in [1.29, 1.82) is 0 Å². The highest BCUT2D eigenvalue weighted by Crippen LogP contribution is 2.30. The largest absolute Gasteiger partial charge is 0.503 e. The lowest BCUT2D eigenvalue weighted by Crippen LogP contribution is -2.51. The molecule has 4 heteroatoms. The Morgan fingerprint density at radius 2 is 0.950 bits per heavy atom. The molecule has 122 valence electrons. The first-order valence-electron chi connectivity index (χ1n) is 8.15. The summed E-state index contributed by atoms with van der Waals surface area (Å²) in [6.45, 7) is 19.5. The van der Waals surface area contributed by atoms with Gasteiger partial charge in [0.05, 0.1) is 0 Å². The summed E-state index contributed by atoms with van der Waals surface area (Å²) in [5, 5.41) is 0. The second kappa shape index (κ2) is 9.93. The van der Waals surface area contributed by atoms with Crippen molar-refractivity contribution in [3.05, 3.63) is 0 Å². The molecule has 0 aliphatic rings. The van der Waals surface area contributed by atoms with E-state index in [-0.39, 0.29) is 0 Å². The maximum Gasteiger partial charge on any atom is 0.503 e. The molecule has 20 heavy (non-hydrogen) atoms. The minimum atomic E-state index is -2.59. The topological polar surface area (TPSA) is 27.7 Å². The smallest absolute Gasteiger partial charge is 0.373 e. The van der Waals surface area contributed by atoms with E-state index in [2.05, 4.69) is 55.4 Å².